The highest BCUT2D eigenvalue weighted by atomic mass is 16.4. The molecule has 0 bridgehead atoms. The zero-order valence-electron chi connectivity index (χ0n) is 11.6. The van der Waals surface area contributed by atoms with Crippen molar-refractivity contribution in [1.29, 1.82) is 5.26 Å². The Kier molecular flexibility index (Phi) is 4.90. The van der Waals surface area contributed by atoms with Crippen LogP contribution in [-0.4, -0.2) is 41.5 Å². The minimum atomic E-state index is -0.797. The van der Waals surface area contributed by atoms with Crippen LogP contribution >= 0.6 is 0 Å². The summed E-state index contributed by atoms with van der Waals surface area (Å²) in [6, 6.07) is 8.87. The summed E-state index contributed by atoms with van der Waals surface area (Å²) in [5, 5.41) is 20.5. The number of carboxylic acid groups (broad SMARTS) is 1. The molecule has 21 heavy (non-hydrogen) atoms. The van der Waals surface area contributed by atoms with Gasteiger partial charge in [0.15, 0.2) is 0 Å². The molecule has 1 amide bonds. The van der Waals surface area contributed by atoms with E-state index in [0.717, 1.165) is 13.0 Å². The Labute approximate surface area is 123 Å². The topological polar surface area (TPSA) is 93.4 Å². The van der Waals surface area contributed by atoms with E-state index in [1.807, 2.05) is 11.0 Å². The summed E-state index contributed by atoms with van der Waals surface area (Å²) in [5.74, 6) is -0.871. The second-order valence-corrected chi connectivity index (χ2v) is 5.19. The predicted molar refractivity (Wildman–Crippen MR) is 76.6 cm³/mol. The number of amides is 1. The number of nitrogens with zero attached hydrogens (tertiary/aromatic N) is 2. The van der Waals surface area contributed by atoms with Crippen molar-refractivity contribution in [2.24, 2.45) is 5.92 Å². The van der Waals surface area contributed by atoms with Gasteiger partial charge in [0.1, 0.15) is 6.07 Å². The van der Waals surface area contributed by atoms with Crippen molar-refractivity contribution in [1.82, 2.24) is 4.90 Å². The number of carboxylic acids is 1. The molecule has 0 spiro atoms. The third-order valence-electron chi connectivity index (χ3n) is 3.52. The fourth-order valence-electron chi connectivity index (χ4n) is 2.55. The van der Waals surface area contributed by atoms with Crippen molar-refractivity contribution in [3.05, 3.63) is 29.8 Å². The third-order valence-corrected chi connectivity index (χ3v) is 3.52. The lowest BCUT2D eigenvalue weighted by molar-refractivity contribution is -0.138. The Morgan fingerprint density at radius 3 is 2.90 bits per heavy atom. The number of benzene rings is 1. The number of nitriles is 1. The second-order valence-electron chi connectivity index (χ2n) is 5.19. The quantitative estimate of drug-likeness (QED) is 0.851. The molecule has 1 atom stereocenters. The van der Waals surface area contributed by atoms with Gasteiger partial charge in [0.05, 0.1) is 17.8 Å². The van der Waals surface area contributed by atoms with Gasteiger partial charge < -0.3 is 10.4 Å². The largest absolute Gasteiger partial charge is 0.481 e. The van der Waals surface area contributed by atoms with E-state index in [2.05, 4.69) is 5.32 Å². The van der Waals surface area contributed by atoms with Gasteiger partial charge in [0.2, 0.25) is 5.91 Å². The molecule has 1 unspecified atom stereocenters. The average molecular weight is 287 g/mol. The second kappa shape index (κ2) is 6.86. The van der Waals surface area contributed by atoms with Gasteiger partial charge in [-0.2, -0.15) is 5.26 Å². The standard InChI is InChI=1S/C15H17N3O3/c16-8-12-3-1-2-4-13(12)17-14(19)10-18-6-5-11(9-18)7-15(20)21/h1-4,11H,5-7,9-10H2,(H,17,19)(H,20,21). The van der Waals surface area contributed by atoms with Crippen molar-refractivity contribution < 1.29 is 14.7 Å². The van der Waals surface area contributed by atoms with Crippen LogP contribution in [0, 0.1) is 17.2 Å². The van der Waals surface area contributed by atoms with E-state index in [9.17, 15) is 9.59 Å². The molecular formula is C15H17N3O3. The van der Waals surface area contributed by atoms with Crippen LogP contribution in [-0.2, 0) is 9.59 Å². The highest BCUT2D eigenvalue weighted by Crippen LogP contribution is 2.19. The zero-order valence-corrected chi connectivity index (χ0v) is 11.6. The normalized spacial score (nSPS) is 18.1. The van der Waals surface area contributed by atoms with Crippen LogP contribution in [0.3, 0.4) is 0 Å². The molecule has 1 aromatic carbocycles. The Morgan fingerprint density at radius 2 is 2.19 bits per heavy atom. The van der Waals surface area contributed by atoms with E-state index in [4.69, 9.17) is 10.4 Å². The first-order valence-corrected chi connectivity index (χ1v) is 6.81. The number of aliphatic carboxylic acids is 1. The molecule has 0 aliphatic carbocycles. The SMILES string of the molecule is N#Cc1ccccc1NC(=O)CN1CCC(CC(=O)O)C1. The molecule has 0 aromatic heterocycles. The molecule has 1 aliphatic rings. The Hall–Kier alpha value is -2.39. The number of hydrogen-bond donors (Lipinski definition) is 2. The van der Waals surface area contributed by atoms with Crippen molar-refractivity contribution >= 4 is 17.6 Å². The molecule has 1 saturated heterocycles. The Morgan fingerprint density at radius 1 is 1.43 bits per heavy atom. The highest BCUT2D eigenvalue weighted by Gasteiger charge is 2.25. The van der Waals surface area contributed by atoms with Gasteiger partial charge >= 0.3 is 5.97 Å². The molecule has 2 rings (SSSR count). The Bertz CT molecular complexity index is 580. The summed E-state index contributed by atoms with van der Waals surface area (Å²) >= 11 is 0. The minimum Gasteiger partial charge on any atom is -0.481 e. The van der Waals surface area contributed by atoms with Gasteiger partial charge in [-0.05, 0) is 31.0 Å². The smallest absolute Gasteiger partial charge is 0.303 e. The lowest BCUT2D eigenvalue weighted by Crippen LogP contribution is -2.32. The number of nitrogens with one attached hydrogen (secondary N) is 1. The van der Waals surface area contributed by atoms with Gasteiger partial charge in [0.25, 0.3) is 0 Å². The molecule has 1 aliphatic heterocycles. The molecule has 0 radical (unpaired) electrons. The third kappa shape index (κ3) is 4.29. The van der Waals surface area contributed by atoms with Crippen molar-refractivity contribution in [3.8, 4) is 6.07 Å². The summed E-state index contributed by atoms with van der Waals surface area (Å²) in [5.41, 5.74) is 0.933. The van der Waals surface area contributed by atoms with Gasteiger partial charge in [-0.1, -0.05) is 12.1 Å². The van der Waals surface area contributed by atoms with Gasteiger partial charge in [-0.25, -0.2) is 0 Å². The molecule has 1 heterocycles. The highest BCUT2D eigenvalue weighted by molar-refractivity contribution is 5.93. The van der Waals surface area contributed by atoms with E-state index >= 15 is 0 Å². The maximum Gasteiger partial charge on any atom is 0.303 e. The molecule has 2 N–H and O–H groups in total. The van der Waals surface area contributed by atoms with Crippen molar-refractivity contribution in [3.63, 3.8) is 0 Å². The van der Waals surface area contributed by atoms with Crippen LogP contribution in [0.1, 0.15) is 18.4 Å². The first-order valence-electron chi connectivity index (χ1n) is 6.81. The monoisotopic (exact) mass is 287 g/mol. The van der Waals surface area contributed by atoms with Crippen LogP contribution < -0.4 is 5.32 Å². The van der Waals surface area contributed by atoms with E-state index in [1.54, 1.807) is 24.3 Å². The molecular weight excluding hydrogens is 270 g/mol. The number of hydrogen-bond acceptors (Lipinski definition) is 4. The van der Waals surface area contributed by atoms with Crippen LogP contribution in [0.5, 0.6) is 0 Å². The van der Waals surface area contributed by atoms with E-state index in [-0.39, 0.29) is 24.8 Å². The summed E-state index contributed by atoms with van der Waals surface area (Å²) in [6.07, 6.45) is 0.948. The molecule has 110 valence electrons. The minimum absolute atomic E-state index is 0.113. The molecule has 1 aromatic rings. The number of likely N-dealkylation sites (tertiary alicyclic amines) is 1. The van der Waals surface area contributed by atoms with Crippen LogP contribution in [0.25, 0.3) is 0 Å². The number of para-hydroxylation sites is 1. The molecule has 6 heteroatoms. The van der Waals surface area contributed by atoms with E-state index < -0.39 is 5.97 Å². The lowest BCUT2D eigenvalue weighted by Gasteiger charge is -2.15. The van der Waals surface area contributed by atoms with Gasteiger partial charge in [0, 0.05) is 13.0 Å². The zero-order chi connectivity index (χ0) is 15.2. The van der Waals surface area contributed by atoms with Crippen LogP contribution in [0.4, 0.5) is 5.69 Å². The maximum absolute atomic E-state index is 12.0. The molecule has 0 saturated carbocycles. The van der Waals surface area contributed by atoms with Gasteiger partial charge in [-0.3, -0.25) is 14.5 Å². The van der Waals surface area contributed by atoms with E-state index in [0.29, 0.717) is 17.8 Å². The predicted octanol–water partition coefficient (Wildman–Crippen LogP) is 1.29. The fourth-order valence-corrected chi connectivity index (χ4v) is 2.55. The maximum atomic E-state index is 12.0. The van der Waals surface area contributed by atoms with E-state index in [1.165, 1.54) is 0 Å². The van der Waals surface area contributed by atoms with Crippen LogP contribution in [0.2, 0.25) is 0 Å². The first-order chi connectivity index (χ1) is 10.1. The van der Waals surface area contributed by atoms with Crippen molar-refractivity contribution in [2.75, 3.05) is 25.0 Å². The number of rotatable bonds is 5. The van der Waals surface area contributed by atoms with Crippen LogP contribution in [0.15, 0.2) is 24.3 Å². The molecule has 6 nitrogen and oxygen atoms in total. The molecule has 1 fully saturated rings. The Balaban J connectivity index is 1.86. The summed E-state index contributed by atoms with van der Waals surface area (Å²) in [4.78, 5) is 24.6. The summed E-state index contributed by atoms with van der Waals surface area (Å²) in [7, 11) is 0. The fraction of sp³-hybridized carbons (Fsp3) is 0.400. The average Bonchev–Trinajstić information content (AvgIpc) is 2.85. The number of carbonyl (C=O) groups is 2. The number of anilines is 1. The van der Waals surface area contributed by atoms with Gasteiger partial charge in [-0.15, -0.1) is 0 Å². The number of carbonyl (C=O) groups excluding carboxylic acids is 1. The lowest BCUT2D eigenvalue weighted by atomic mass is 10.1. The van der Waals surface area contributed by atoms with Crippen molar-refractivity contribution in [2.45, 2.75) is 12.8 Å². The summed E-state index contributed by atoms with van der Waals surface area (Å²) in [6.45, 7) is 1.57. The first kappa shape index (κ1) is 15.0. The summed E-state index contributed by atoms with van der Waals surface area (Å²) < 4.78 is 0.